The minimum Gasteiger partial charge on any atom is -0.334 e. The molecule has 2 aromatic heterocycles. The summed E-state index contributed by atoms with van der Waals surface area (Å²) >= 11 is 0. The van der Waals surface area contributed by atoms with E-state index in [1.807, 2.05) is 9.29 Å². The lowest BCUT2D eigenvalue weighted by Gasteiger charge is -2.17. The highest BCUT2D eigenvalue weighted by molar-refractivity contribution is 7.89. The number of nitrogens with one attached hydrogen (secondary N) is 1. The zero-order valence-electron chi connectivity index (χ0n) is 17.9. The SMILES string of the molecule is N#Cc1c(-c2ncc(S(=O)(=O)NC(CF)CF)cn2)n(C2CCCC2)c2ccc(C(F)F)cc12. The maximum atomic E-state index is 13.3. The first kappa shape index (κ1) is 24.1. The molecule has 0 radical (unpaired) electrons. The largest absolute Gasteiger partial charge is 0.334 e. The van der Waals surface area contributed by atoms with Crippen molar-refractivity contribution in [3.8, 4) is 17.6 Å². The van der Waals surface area contributed by atoms with Crippen LogP contribution in [-0.2, 0) is 10.0 Å². The molecular formula is C22H21F4N5O2S. The van der Waals surface area contributed by atoms with Crippen LogP contribution < -0.4 is 4.72 Å². The van der Waals surface area contributed by atoms with E-state index in [0.717, 1.165) is 38.1 Å². The van der Waals surface area contributed by atoms with Crippen LogP contribution in [-0.4, -0.2) is 42.3 Å². The van der Waals surface area contributed by atoms with E-state index in [1.54, 1.807) is 6.07 Å². The molecular weight excluding hydrogens is 474 g/mol. The van der Waals surface area contributed by atoms with Crippen molar-refractivity contribution in [1.82, 2.24) is 19.3 Å². The predicted molar refractivity (Wildman–Crippen MR) is 116 cm³/mol. The van der Waals surface area contributed by atoms with Gasteiger partial charge in [-0.05, 0) is 25.0 Å². The van der Waals surface area contributed by atoms with Crippen molar-refractivity contribution in [3.05, 3.63) is 41.7 Å². The second-order valence-corrected chi connectivity index (χ2v) is 9.80. The van der Waals surface area contributed by atoms with Crippen LogP contribution in [0.4, 0.5) is 17.6 Å². The van der Waals surface area contributed by atoms with Gasteiger partial charge in [-0.1, -0.05) is 18.9 Å². The fourth-order valence-electron chi connectivity index (χ4n) is 4.31. The van der Waals surface area contributed by atoms with Crippen LogP contribution in [0.2, 0.25) is 0 Å². The van der Waals surface area contributed by atoms with Crippen LogP contribution in [0.5, 0.6) is 0 Å². The number of benzene rings is 1. The monoisotopic (exact) mass is 495 g/mol. The molecule has 12 heteroatoms. The molecule has 0 spiro atoms. The molecule has 0 bridgehead atoms. The first-order valence-electron chi connectivity index (χ1n) is 10.6. The second kappa shape index (κ2) is 9.68. The zero-order chi connectivity index (χ0) is 24.5. The lowest BCUT2D eigenvalue weighted by molar-refractivity contribution is 0.151. The Morgan fingerprint density at radius 2 is 1.79 bits per heavy atom. The summed E-state index contributed by atoms with van der Waals surface area (Å²) in [6, 6.07) is 4.70. The van der Waals surface area contributed by atoms with Crippen LogP contribution in [0.15, 0.2) is 35.5 Å². The van der Waals surface area contributed by atoms with Crippen molar-refractivity contribution in [2.24, 2.45) is 0 Å². The van der Waals surface area contributed by atoms with Crippen LogP contribution in [0.3, 0.4) is 0 Å². The van der Waals surface area contributed by atoms with Crippen LogP contribution >= 0.6 is 0 Å². The molecule has 0 aliphatic heterocycles. The number of nitrogens with zero attached hydrogens (tertiary/aromatic N) is 4. The van der Waals surface area contributed by atoms with Gasteiger partial charge in [0.25, 0.3) is 6.43 Å². The smallest absolute Gasteiger partial charge is 0.263 e. The number of alkyl halides is 4. The summed E-state index contributed by atoms with van der Waals surface area (Å²) in [5.41, 5.74) is 0.813. The molecule has 7 nitrogen and oxygen atoms in total. The lowest BCUT2D eigenvalue weighted by atomic mass is 10.1. The van der Waals surface area contributed by atoms with E-state index < -0.39 is 40.7 Å². The van der Waals surface area contributed by atoms with Gasteiger partial charge in [0, 0.05) is 17.0 Å². The van der Waals surface area contributed by atoms with Gasteiger partial charge in [-0.15, -0.1) is 0 Å². The van der Waals surface area contributed by atoms with Crippen LogP contribution in [0.1, 0.15) is 49.3 Å². The van der Waals surface area contributed by atoms with Gasteiger partial charge in [-0.3, -0.25) is 0 Å². The minimum atomic E-state index is -4.27. The van der Waals surface area contributed by atoms with E-state index in [4.69, 9.17) is 0 Å². The third-order valence-corrected chi connectivity index (χ3v) is 7.40. The topological polar surface area (TPSA) is 101 Å². The third kappa shape index (κ3) is 4.37. The Labute approximate surface area is 193 Å². The average molecular weight is 496 g/mol. The van der Waals surface area contributed by atoms with Gasteiger partial charge in [0.2, 0.25) is 10.0 Å². The van der Waals surface area contributed by atoms with E-state index in [-0.39, 0.29) is 23.0 Å². The molecule has 0 amide bonds. The average Bonchev–Trinajstić information content (AvgIpc) is 3.47. The molecule has 0 saturated heterocycles. The van der Waals surface area contributed by atoms with Gasteiger partial charge in [0.1, 0.15) is 30.0 Å². The van der Waals surface area contributed by atoms with E-state index in [9.17, 15) is 31.2 Å². The quantitative estimate of drug-likeness (QED) is 0.460. The molecule has 2 heterocycles. The number of nitriles is 1. The molecule has 1 N–H and O–H groups in total. The molecule has 1 aromatic carbocycles. The third-order valence-electron chi connectivity index (χ3n) is 5.93. The summed E-state index contributed by atoms with van der Waals surface area (Å²) in [7, 11) is -4.27. The summed E-state index contributed by atoms with van der Waals surface area (Å²) in [4.78, 5) is 7.86. The van der Waals surface area contributed by atoms with E-state index in [0.29, 0.717) is 16.6 Å². The number of hydrogen-bond acceptors (Lipinski definition) is 5. The predicted octanol–water partition coefficient (Wildman–Crippen LogP) is 4.61. The Balaban J connectivity index is 1.85. The van der Waals surface area contributed by atoms with Gasteiger partial charge in [0.15, 0.2) is 5.82 Å². The van der Waals surface area contributed by atoms with Crippen molar-refractivity contribution >= 4 is 20.9 Å². The van der Waals surface area contributed by atoms with Gasteiger partial charge < -0.3 is 4.57 Å². The summed E-state index contributed by atoms with van der Waals surface area (Å²) < 4.78 is 80.8. The molecule has 180 valence electrons. The van der Waals surface area contributed by atoms with E-state index in [1.165, 1.54) is 12.1 Å². The van der Waals surface area contributed by atoms with E-state index >= 15 is 0 Å². The Morgan fingerprint density at radius 3 is 2.35 bits per heavy atom. The van der Waals surface area contributed by atoms with Crippen molar-refractivity contribution in [2.75, 3.05) is 13.3 Å². The summed E-state index contributed by atoms with van der Waals surface area (Å²) in [5, 5.41) is 10.3. The number of rotatable bonds is 8. The van der Waals surface area contributed by atoms with Crippen LogP contribution in [0, 0.1) is 11.3 Å². The number of hydrogen-bond donors (Lipinski definition) is 1. The molecule has 34 heavy (non-hydrogen) atoms. The minimum absolute atomic E-state index is 0.000502. The van der Waals surface area contributed by atoms with Crippen molar-refractivity contribution in [2.45, 2.75) is 49.1 Å². The lowest BCUT2D eigenvalue weighted by Crippen LogP contribution is -2.38. The Kier molecular flexibility index (Phi) is 6.86. The molecule has 1 aliphatic rings. The molecule has 3 aromatic rings. The normalized spacial score (nSPS) is 15.0. The maximum absolute atomic E-state index is 13.3. The number of fused-ring (bicyclic) bond motifs is 1. The highest BCUT2D eigenvalue weighted by atomic mass is 32.2. The fourth-order valence-corrected chi connectivity index (χ4v) is 5.40. The second-order valence-electron chi connectivity index (χ2n) is 8.09. The first-order valence-corrected chi connectivity index (χ1v) is 12.1. The molecule has 1 aliphatic carbocycles. The molecule has 0 unspecified atom stereocenters. The number of halogens is 4. The molecule has 1 fully saturated rings. The molecule has 1 saturated carbocycles. The molecule has 0 atom stereocenters. The van der Waals surface area contributed by atoms with Gasteiger partial charge in [0.05, 0.1) is 29.5 Å². The van der Waals surface area contributed by atoms with Gasteiger partial charge in [-0.2, -0.15) is 5.26 Å². The van der Waals surface area contributed by atoms with Gasteiger partial charge >= 0.3 is 0 Å². The Bertz CT molecular complexity index is 1330. The van der Waals surface area contributed by atoms with Crippen molar-refractivity contribution < 1.29 is 26.0 Å². The maximum Gasteiger partial charge on any atom is 0.263 e. The number of aromatic nitrogens is 3. The van der Waals surface area contributed by atoms with E-state index in [2.05, 4.69) is 16.0 Å². The summed E-state index contributed by atoms with van der Waals surface area (Å²) in [5.74, 6) is 0.0460. The standard InChI is InChI=1S/C22H21F4N5O2S/c23-8-14(9-24)30-34(32,33)16-11-28-22(29-12-16)20-18(10-27)17-7-13(21(25)26)5-6-19(17)31(20)15-3-1-2-4-15/h5-7,11-12,14-15,21,30H,1-4,8-9H2. The fraction of sp³-hybridized carbons (Fsp3) is 0.409. The zero-order valence-corrected chi connectivity index (χ0v) is 18.7. The first-order chi connectivity index (χ1) is 16.3. The number of sulfonamides is 1. The molecule has 4 rings (SSSR count). The van der Waals surface area contributed by atoms with Crippen molar-refractivity contribution in [3.63, 3.8) is 0 Å². The Morgan fingerprint density at radius 1 is 1.15 bits per heavy atom. The van der Waals surface area contributed by atoms with Gasteiger partial charge in [-0.25, -0.2) is 40.7 Å². The van der Waals surface area contributed by atoms with Crippen molar-refractivity contribution in [1.29, 1.82) is 5.26 Å². The summed E-state index contributed by atoms with van der Waals surface area (Å²) in [6.45, 7) is -2.44. The highest BCUT2D eigenvalue weighted by Crippen LogP contribution is 2.41. The van der Waals surface area contributed by atoms with Crippen LogP contribution in [0.25, 0.3) is 22.4 Å². The summed E-state index contributed by atoms with van der Waals surface area (Å²) in [6.07, 6.45) is 2.84. The Hall–Kier alpha value is -3.04. The highest BCUT2D eigenvalue weighted by Gasteiger charge is 2.29.